The molecular weight excluding hydrogens is 242 g/mol. The second kappa shape index (κ2) is 5.67. The first-order chi connectivity index (χ1) is 9.11. The number of amides is 1. The number of nitrogens with one attached hydrogen (secondary N) is 2. The number of aromatic nitrogens is 2. The SMILES string of the molecule is Cc1n[nH]c(C)c1C(=O)Nc1ccc(CCO)cc1. The highest BCUT2D eigenvalue weighted by Crippen LogP contribution is 2.14. The van der Waals surface area contributed by atoms with E-state index in [1.807, 2.05) is 31.2 Å². The number of carbonyl (C=O) groups is 1. The average Bonchev–Trinajstić information content (AvgIpc) is 2.72. The van der Waals surface area contributed by atoms with E-state index in [0.717, 1.165) is 16.9 Å². The summed E-state index contributed by atoms with van der Waals surface area (Å²) in [7, 11) is 0. The van der Waals surface area contributed by atoms with E-state index in [4.69, 9.17) is 5.11 Å². The van der Waals surface area contributed by atoms with Crippen molar-refractivity contribution in [3.8, 4) is 0 Å². The van der Waals surface area contributed by atoms with Crippen LogP contribution in [0.3, 0.4) is 0 Å². The van der Waals surface area contributed by atoms with Gasteiger partial charge in [-0.15, -0.1) is 0 Å². The molecule has 0 saturated carbocycles. The molecule has 0 spiro atoms. The summed E-state index contributed by atoms with van der Waals surface area (Å²) < 4.78 is 0. The van der Waals surface area contributed by atoms with Gasteiger partial charge in [-0.1, -0.05) is 12.1 Å². The number of nitrogens with zero attached hydrogens (tertiary/aromatic N) is 1. The van der Waals surface area contributed by atoms with Crippen LogP contribution in [0, 0.1) is 13.8 Å². The van der Waals surface area contributed by atoms with Crippen molar-refractivity contribution in [1.82, 2.24) is 10.2 Å². The maximum atomic E-state index is 12.1. The molecule has 1 aromatic carbocycles. The molecule has 1 amide bonds. The third-order valence-corrected chi connectivity index (χ3v) is 2.97. The van der Waals surface area contributed by atoms with Crippen molar-refractivity contribution < 1.29 is 9.90 Å². The number of aryl methyl sites for hydroxylation is 2. The number of H-pyrrole nitrogens is 1. The molecule has 19 heavy (non-hydrogen) atoms. The van der Waals surface area contributed by atoms with Gasteiger partial charge in [0.25, 0.3) is 5.91 Å². The van der Waals surface area contributed by atoms with Crippen molar-refractivity contribution in [2.75, 3.05) is 11.9 Å². The van der Waals surface area contributed by atoms with Crippen molar-refractivity contribution in [2.24, 2.45) is 0 Å². The number of benzene rings is 1. The molecule has 3 N–H and O–H groups in total. The average molecular weight is 259 g/mol. The molecule has 1 heterocycles. The van der Waals surface area contributed by atoms with Crippen LogP contribution in [0.2, 0.25) is 0 Å². The van der Waals surface area contributed by atoms with Crippen LogP contribution in [0.5, 0.6) is 0 Å². The Bertz CT molecular complexity index is 553. The summed E-state index contributed by atoms with van der Waals surface area (Å²) in [6, 6.07) is 7.43. The van der Waals surface area contributed by atoms with Gasteiger partial charge in [0.05, 0.1) is 11.3 Å². The molecular formula is C14H17N3O2. The zero-order chi connectivity index (χ0) is 13.8. The number of anilines is 1. The molecule has 0 saturated heterocycles. The van der Waals surface area contributed by atoms with Crippen LogP contribution in [0.25, 0.3) is 0 Å². The Hall–Kier alpha value is -2.14. The minimum Gasteiger partial charge on any atom is -0.396 e. The highest BCUT2D eigenvalue weighted by atomic mass is 16.2. The zero-order valence-electron chi connectivity index (χ0n) is 11.0. The van der Waals surface area contributed by atoms with Gasteiger partial charge in [-0.3, -0.25) is 9.89 Å². The van der Waals surface area contributed by atoms with Crippen molar-refractivity contribution in [3.05, 3.63) is 46.8 Å². The van der Waals surface area contributed by atoms with Crippen molar-refractivity contribution in [1.29, 1.82) is 0 Å². The molecule has 2 aromatic rings. The van der Waals surface area contributed by atoms with Crippen LogP contribution >= 0.6 is 0 Å². The highest BCUT2D eigenvalue weighted by Gasteiger charge is 2.15. The summed E-state index contributed by atoms with van der Waals surface area (Å²) in [6.45, 7) is 3.74. The van der Waals surface area contributed by atoms with Gasteiger partial charge in [0.2, 0.25) is 0 Å². The van der Waals surface area contributed by atoms with Gasteiger partial charge in [-0.2, -0.15) is 5.10 Å². The van der Waals surface area contributed by atoms with Gasteiger partial charge in [0.15, 0.2) is 0 Å². The number of carbonyl (C=O) groups excluding carboxylic acids is 1. The molecule has 100 valence electrons. The minimum atomic E-state index is -0.168. The normalized spacial score (nSPS) is 10.5. The first kappa shape index (κ1) is 13.3. The molecule has 0 unspecified atom stereocenters. The van der Waals surface area contributed by atoms with Crippen LogP contribution in [-0.4, -0.2) is 27.8 Å². The first-order valence-electron chi connectivity index (χ1n) is 6.14. The number of hydrogen-bond acceptors (Lipinski definition) is 3. The lowest BCUT2D eigenvalue weighted by molar-refractivity contribution is 0.102. The molecule has 5 nitrogen and oxygen atoms in total. The number of aromatic amines is 1. The first-order valence-corrected chi connectivity index (χ1v) is 6.14. The number of aliphatic hydroxyl groups is 1. The Labute approximate surface area is 111 Å². The van der Waals surface area contributed by atoms with Crippen molar-refractivity contribution in [2.45, 2.75) is 20.3 Å². The predicted molar refractivity (Wildman–Crippen MR) is 73.2 cm³/mol. The third-order valence-electron chi connectivity index (χ3n) is 2.97. The van der Waals surface area contributed by atoms with Crippen molar-refractivity contribution >= 4 is 11.6 Å². The van der Waals surface area contributed by atoms with E-state index in [1.54, 1.807) is 6.92 Å². The van der Waals surface area contributed by atoms with Gasteiger partial charge < -0.3 is 10.4 Å². The molecule has 0 radical (unpaired) electrons. The van der Waals surface area contributed by atoms with Crippen LogP contribution in [0.4, 0.5) is 5.69 Å². The van der Waals surface area contributed by atoms with Gasteiger partial charge in [-0.25, -0.2) is 0 Å². The maximum Gasteiger partial charge on any atom is 0.259 e. The Kier molecular flexibility index (Phi) is 3.97. The van der Waals surface area contributed by atoms with E-state index in [1.165, 1.54) is 0 Å². The Balaban J connectivity index is 2.11. The molecule has 0 aliphatic carbocycles. The molecule has 2 rings (SSSR count). The third kappa shape index (κ3) is 3.00. The Morgan fingerprint density at radius 2 is 2.00 bits per heavy atom. The second-order valence-corrected chi connectivity index (χ2v) is 4.43. The van der Waals surface area contributed by atoms with Gasteiger partial charge in [0.1, 0.15) is 0 Å². The van der Waals surface area contributed by atoms with Gasteiger partial charge >= 0.3 is 0 Å². The Morgan fingerprint density at radius 3 is 2.53 bits per heavy atom. The van der Waals surface area contributed by atoms with E-state index < -0.39 is 0 Å². The fourth-order valence-corrected chi connectivity index (χ4v) is 1.96. The summed E-state index contributed by atoms with van der Waals surface area (Å²) in [4.78, 5) is 12.1. The molecule has 0 aliphatic rings. The van der Waals surface area contributed by atoms with Crippen LogP contribution in [-0.2, 0) is 6.42 Å². The lowest BCUT2D eigenvalue weighted by Gasteiger charge is -2.06. The Morgan fingerprint density at radius 1 is 1.32 bits per heavy atom. The van der Waals surface area contributed by atoms with E-state index in [2.05, 4.69) is 15.5 Å². The highest BCUT2D eigenvalue weighted by molar-refractivity contribution is 6.05. The lowest BCUT2D eigenvalue weighted by Crippen LogP contribution is -2.13. The van der Waals surface area contributed by atoms with Gasteiger partial charge in [0, 0.05) is 18.0 Å². The molecule has 0 aliphatic heterocycles. The summed E-state index contributed by atoms with van der Waals surface area (Å²) in [5.74, 6) is -0.168. The topological polar surface area (TPSA) is 78.0 Å². The molecule has 5 heteroatoms. The molecule has 0 atom stereocenters. The minimum absolute atomic E-state index is 0.124. The molecule has 0 fully saturated rings. The van der Waals surface area contributed by atoms with E-state index in [-0.39, 0.29) is 12.5 Å². The van der Waals surface area contributed by atoms with E-state index in [0.29, 0.717) is 17.7 Å². The monoisotopic (exact) mass is 259 g/mol. The second-order valence-electron chi connectivity index (χ2n) is 4.43. The quantitative estimate of drug-likeness (QED) is 0.783. The lowest BCUT2D eigenvalue weighted by atomic mass is 10.1. The number of aliphatic hydroxyl groups excluding tert-OH is 1. The maximum absolute atomic E-state index is 12.1. The summed E-state index contributed by atoms with van der Waals surface area (Å²) >= 11 is 0. The van der Waals surface area contributed by atoms with Crippen LogP contribution in [0.1, 0.15) is 27.3 Å². The zero-order valence-corrected chi connectivity index (χ0v) is 11.0. The van der Waals surface area contributed by atoms with Gasteiger partial charge in [-0.05, 0) is 38.0 Å². The fourth-order valence-electron chi connectivity index (χ4n) is 1.96. The number of hydrogen-bond donors (Lipinski definition) is 3. The van der Waals surface area contributed by atoms with E-state index in [9.17, 15) is 4.79 Å². The molecule has 1 aromatic heterocycles. The fraction of sp³-hybridized carbons (Fsp3) is 0.286. The standard InChI is InChI=1S/C14H17N3O2/c1-9-13(10(2)17-16-9)14(19)15-12-5-3-11(4-6-12)7-8-18/h3-6,18H,7-8H2,1-2H3,(H,15,19)(H,16,17). The van der Waals surface area contributed by atoms with Crippen molar-refractivity contribution in [3.63, 3.8) is 0 Å². The summed E-state index contributed by atoms with van der Waals surface area (Å²) in [5, 5.41) is 18.5. The molecule has 0 bridgehead atoms. The summed E-state index contributed by atoms with van der Waals surface area (Å²) in [5.41, 5.74) is 3.79. The predicted octanol–water partition coefficient (Wildman–Crippen LogP) is 1.81. The van der Waals surface area contributed by atoms with Crippen LogP contribution in [0.15, 0.2) is 24.3 Å². The number of rotatable bonds is 4. The smallest absolute Gasteiger partial charge is 0.259 e. The largest absolute Gasteiger partial charge is 0.396 e. The van der Waals surface area contributed by atoms with E-state index >= 15 is 0 Å². The van der Waals surface area contributed by atoms with Crippen LogP contribution < -0.4 is 5.32 Å². The summed E-state index contributed by atoms with van der Waals surface area (Å²) in [6.07, 6.45) is 0.619.